The van der Waals surface area contributed by atoms with Gasteiger partial charge < -0.3 is 10.2 Å². The van der Waals surface area contributed by atoms with E-state index in [0.29, 0.717) is 30.2 Å². The van der Waals surface area contributed by atoms with E-state index in [0.717, 1.165) is 41.7 Å². The molecule has 1 saturated carbocycles. The molecule has 4 rings (SSSR count). The fourth-order valence-electron chi connectivity index (χ4n) is 4.74. The van der Waals surface area contributed by atoms with Crippen LogP contribution in [0.2, 0.25) is 5.02 Å². The van der Waals surface area contributed by atoms with Crippen LogP contribution in [0, 0.1) is 6.92 Å². The Hall–Kier alpha value is -2.76. The molecule has 4 nitrogen and oxygen atoms in total. The van der Waals surface area contributed by atoms with Gasteiger partial charge in [-0.25, -0.2) is 0 Å². The van der Waals surface area contributed by atoms with Crippen LogP contribution < -0.4 is 5.32 Å². The number of hydrogen-bond acceptors (Lipinski definition) is 3. The van der Waals surface area contributed by atoms with Crippen molar-refractivity contribution < 1.29 is 9.59 Å². The molecule has 0 aromatic heterocycles. The van der Waals surface area contributed by atoms with Crippen molar-refractivity contribution in [1.82, 2.24) is 10.2 Å². The minimum atomic E-state index is -0.572. The van der Waals surface area contributed by atoms with Crippen LogP contribution in [0.25, 0.3) is 0 Å². The molecule has 0 unspecified atom stereocenters. The van der Waals surface area contributed by atoms with Gasteiger partial charge in [0.05, 0.1) is 0 Å². The first-order chi connectivity index (χ1) is 18.0. The Morgan fingerprint density at radius 3 is 2.30 bits per heavy atom. The summed E-state index contributed by atoms with van der Waals surface area (Å²) in [6, 6.07) is 25.5. The van der Waals surface area contributed by atoms with E-state index in [9.17, 15) is 9.59 Å². The molecule has 1 N–H and O–H groups in total. The number of benzene rings is 3. The highest BCUT2D eigenvalue weighted by molar-refractivity contribution is 7.99. The smallest absolute Gasteiger partial charge is 0.243 e. The van der Waals surface area contributed by atoms with Gasteiger partial charge in [0.25, 0.3) is 0 Å². The molecule has 0 spiro atoms. The second-order valence-electron chi connectivity index (χ2n) is 9.76. The Balaban J connectivity index is 1.55. The van der Waals surface area contributed by atoms with Gasteiger partial charge in [-0.1, -0.05) is 84.6 Å². The summed E-state index contributed by atoms with van der Waals surface area (Å²) in [4.78, 5) is 30.3. The zero-order chi connectivity index (χ0) is 26.0. The molecule has 0 radical (unpaired) electrons. The SMILES string of the molecule is Cc1ccc(CN(C(=O)CCSc2ccc(Cl)cc2)[C@@H](Cc2ccccc2)C(=O)NC2CCCC2)cc1. The second-order valence-corrected chi connectivity index (χ2v) is 11.4. The lowest BCUT2D eigenvalue weighted by molar-refractivity contribution is -0.141. The zero-order valence-electron chi connectivity index (χ0n) is 21.4. The molecule has 0 heterocycles. The van der Waals surface area contributed by atoms with Gasteiger partial charge in [0.2, 0.25) is 11.8 Å². The third-order valence-corrected chi connectivity index (χ3v) is 8.11. The Labute approximate surface area is 229 Å². The number of nitrogens with one attached hydrogen (secondary N) is 1. The van der Waals surface area contributed by atoms with E-state index in [-0.39, 0.29) is 17.9 Å². The fraction of sp³-hybridized carbons (Fsp3) is 0.355. The number of carbonyl (C=O) groups excluding carboxylic acids is 2. The van der Waals surface area contributed by atoms with E-state index in [1.807, 2.05) is 73.7 Å². The van der Waals surface area contributed by atoms with Crippen molar-refractivity contribution in [3.8, 4) is 0 Å². The van der Waals surface area contributed by atoms with Crippen LogP contribution in [-0.2, 0) is 22.6 Å². The average Bonchev–Trinajstić information content (AvgIpc) is 3.42. The molecular weight excluding hydrogens is 500 g/mol. The highest BCUT2D eigenvalue weighted by Gasteiger charge is 2.32. The van der Waals surface area contributed by atoms with E-state index < -0.39 is 6.04 Å². The van der Waals surface area contributed by atoms with Crippen molar-refractivity contribution in [1.29, 1.82) is 0 Å². The number of nitrogens with zero attached hydrogens (tertiary/aromatic N) is 1. The monoisotopic (exact) mass is 534 g/mol. The zero-order valence-corrected chi connectivity index (χ0v) is 22.9. The van der Waals surface area contributed by atoms with Crippen LogP contribution in [0.4, 0.5) is 0 Å². The van der Waals surface area contributed by atoms with Gasteiger partial charge in [-0.15, -0.1) is 11.8 Å². The van der Waals surface area contributed by atoms with Gasteiger partial charge >= 0.3 is 0 Å². The Morgan fingerprint density at radius 1 is 0.946 bits per heavy atom. The van der Waals surface area contributed by atoms with Gasteiger partial charge in [-0.2, -0.15) is 0 Å². The first kappa shape index (κ1) is 27.3. The molecule has 1 fully saturated rings. The minimum Gasteiger partial charge on any atom is -0.352 e. The summed E-state index contributed by atoms with van der Waals surface area (Å²) >= 11 is 7.63. The number of thioether (sulfide) groups is 1. The summed E-state index contributed by atoms with van der Waals surface area (Å²) in [6.07, 6.45) is 5.13. The van der Waals surface area contributed by atoms with Crippen molar-refractivity contribution >= 4 is 35.2 Å². The van der Waals surface area contributed by atoms with E-state index in [1.165, 1.54) is 5.56 Å². The van der Waals surface area contributed by atoms with Gasteiger partial charge in [0, 0.05) is 41.1 Å². The Morgan fingerprint density at radius 2 is 1.62 bits per heavy atom. The highest BCUT2D eigenvalue weighted by Crippen LogP contribution is 2.23. The van der Waals surface area contributed by atoms with Crippen LogP contribution in [-0.4, -0.2) is 34.6 Å². The van der Waals surface area contributed by atoms with Gasteiger partial charge in [0.1, 0.15) is 6.04 Å². The maximum Gasteiger partial charge on any atom is 0.243 e. The van der Waals surface area contributed by atoms with E-state index in [2.05, 4.69) is 17.4 Å². The summed E-state index contributed by atoms with van der Waals surface area (Å²) in [5.74, 6) is 0.568. The average molecular weight is 535 g/mol. The van der Waals surface area contributed by atoms with Crippen molar-refractivity contribution in [2.24, 2.45) is 0 Å². The number of aryl methyl sites for hydroxylation is 1. The van der Waals surface area contributed by atoms with E-state index in [1.54, 1.807) is 16.7 Å². The third kappa shape index (κ3) is 8.37. The van der Waals surface area contributed by atoms with Crippen molar-refractivity contribution in [3.63, 3.8) is 0 Å². The first-order valence-electron chi connectivity index (χ1n) is 13.1. The van der Waals surface area contributed by atoms with E-state index in [4.69, 9.17) is 11.6 Å². The van der Waals surface area contributed by atoms with Crippen LogP contribution in [0.15, 0.2) is 83.8 Å². The molecule has 6 heteroatoms. The van der Waals surface area contributed by atoms with Gasteiger partial charge in [-0.05, 0) is 55.2 Å². The Kier molecular flexibility index (Phi) is 10.1. The van der Waals surface area contributed by atoms with Crippen LogP contribution in [0.5, 0.6) is 0 Å². The molecule has 0 saturated heterocycles. The number of carbonyl (C=O) groups is 2. The Bertz CT molecular complexity index is 1150. The van der Waals surface area contributed by atoms with Crippen molar-refractivity contribution in [2.75, 3.05) is 5.75 Å². The summed E-state index contributed by atoms with van der Waals surface area (Å²) in [7, 11) is 0. The van der Waals surface area contributed by atoms with E-state index >= 15 is 0 Å². The molecule has 3 aromatic rings. The quantitative estimate of drug-likeness (QED) is 0.274. The molecule has 0 aliphatic heterocycles. The lowest BCUT2D eigenvalue weighted by atomic mass is 10.0. The van der Waals surface area contributed by atoms with Gasteiger partial charge in [-0.3, -0.25) is 9.59 Å². The molecule has 1 atom stereocenters. The lowest BCUT2D eigenvalue weighted by Gasteiger charge is -2.32. The topological polar surface area (TPSA) is 49.4 Å². The first-order valence-corrected chi connectivity index (χ1v) is 14.4. The standard InChI is InChI=1S/C31H35ClN2O2S/c1-23-11-13-25(14-12-23)22-34(30(35)19-20-37-28-17-15-26(32)16-18-28)29(21-24-7-3-2-4-8-24)31(36)33-27-9-5-6-10-27/h2-4,7-8,11-18,27,29H,5-6,9-10,19-22H2,1H3,(H,33,36)/t29-/m0/s1. The maximum absolute atomic E-state index is 13.7. The summed E-state index contributed by atoms with van der Waals surface area (Å²) in [5.41, 5.74) is 3.24. The number of rotatable bonds is 11. The van der Waals surface area contributed by atoms with Crippen molar-refractivity contribution in [2.45, 2.75) is 69.0 Å². The van der Waals surface area contributed by atoms with Crippen molar-refractivity contribution in [3.05, 3.63) is 101 Å². The highest BCUT2D eigenvalue weighted by atomic mass is 35.5. The predicted molar refractivity (Wildman–Crippen MR) is 153 cm³/mol. The fourth-order valence-corrected chi connectivity index (χ4v) is 5.71. The largest absolute Gasteiger partial charge is 0.352 e. The number of halogens is 1. The second kappa shape index (κ2) is 13.7. The van der Waals surface area contributed by atoms with Crippen LogP contribution in [0.3, 0.4) is 0 Å². The molecular formula is C31H35ClN2O2S. The maximum atomic E-state index is 13.7. The van der Waals surface area contributed by atoms with Crippen LogP contribution >= 0.6 is 23.4 Å². The normalized spacial score (nSPS) is 14.3. The molecule has 194 valence electrons. The summed E-state index contributed by atoms with van der Waals surface area (Å²) in [6.45, 7) is 2.45. The molecule has 37 heavy (non-hydrogen) atoms. The number of hydrogen-bond donors (Lipinski definition) is 1. The molecule has 3 aromatic carbocycles. The predicted octanol–water partition coefficient (Wildman–Crippen LogP) is 6.83. The summed E-state index contributed by atoms with van der Waals surface area (Å²) < 4.78 is 0. The molecule has 0 bridgehead atoms. The molecule has 2 amide bonds. The minimum absolute atomic E-state index is 0.00968. The molecule has 1 aliphatic rings. The summed E-state index contributed by atoms with van der Waals surface area (Å²) in [5, 5.41) is 3.96. The lowest BCUT2D eigenvalue weighted by Crippen LogP contribution is -2.52. The van der Waals surface area contributed by atoms with Crippen LogP contribution in [0.1, 0.15) is 48.8 Å². The van der Waals surface area contributed by atoms with Gasteiger partial charge in [0.15, 0.2) is 0 Å². The third-order valence-electron chi connectivity index (χ3n) is 6.84. The molecule has 1 aliphatic carbocycles. The number of amides is 2.